The van der Waals surface area contributed by atoms with Gasteiger partial charge in [-0.3, -0.25) is 9.59 Å². The molecule has 0 fully saturated rings. The lowest BCUT2D eigenvalue weighted by molar-refractivity contribution is -0.121. The number of halogens is 1. The molecular formula is C29H22ClNO9. The second-order valence-corrected chi connectivity index (χ2v) is 10.3. The fourth-order valence-electron chi connectivity index (χ4n) is 6.02. The monoisotopic (exact) mass is 563 g/mol. The van der Waals surface area contributed by atoms with Gasteiger partial charge < -0.3 is 38.1 Å². The van der Waals surface area contributed by atoms with Crippen molar-refractivity contribution in [1.82, 2.24) is 4.57 Å². The number of ether oxygens (including phenoxy) is 4. The first-order valence-electron chi connectivity index (χ1n) is 12.3. The van der Waals surface area contributed by atoms with Crippen LogP contribution in [0, 0.1) is 6.92 Å². The molecule has 2 atom stereocenters. The second-order valence-electron chi connectivity index (χ2n) is 9.87. The van der Waals surface area contributed by atoms with Crippen LogP contribution in [0.4, 0.5) is 0 Å². The molecule has 0 radical (unpaired) electrons. The number of hydrogen-bond donors (Lipinski definition) is 2. The van der Waals surface area contributed by atoms with Gasteiger partial charge in [0, 0.05) is 36.5 Å². The van der Waals surface area contributed by atoms with Gasteiger partial charge >= 0.3 is 0 Å². The van der Waals surface area contributed by atoms with E-state index in [0.717, 1.165) is 0 Å². The normalized spacial score (nSPS) is 17.6. The third kappa shape index (κ3) is 2.95. The van der Waals surface area contributed by atoms with E-state index in [0.29, 0.717) is 22.2 Å². The summed E-state index contributed by atoms with van der Waals surface area (Å²) in [7, 11) is 4.51. The fourth-order valence-corrected chi connectivity index (χ4v) is 6.24. The van der Waals surface area contributed by atoms with Crippen LogP contribution in [0.1, 0.15) is 29.0 Å². The minimum atomic E-state index is -0.793. The number of phenolic OH excluding ortho intramolecular Hbond substituents is 2. The molecule has 1 aliphatic carbocycles. The van der Waals surface area contributed by atoms with Gasteiger partial charge in [-0.25, -0.2) is 0 Å². The van der Waals surface area contributed by atoms with Crippen molar-refractivity contribution in [3.05, 3.63) is 66.7 Å². The zero-order valence-corrected chi connectivity index (χ0v) is 22.5. The molecule has 1 aliphatic heterocycles. The van der Waals surface area contributed by atoms with Crippen molar-refractivity contribution < 1.29 is 33.6 Å². The van der Waals surface area contributed by atoms with E-state index in [2.05, 4.69) is 0 Å². The van der Waals surface area contributed by atoms with Crippen molar-refractivity contribution in [3.8, 4) is 34.1 Å². The van der Waals surface area contributed by atoms with Gasteiger partial charge in [0.25, 0.3) is 5.56 Å². The van der Waals surface area contributed by atoms with Crippen LogP contribution in [0.5, 0.6) is 23.0 Å². The zero-order chi connectivity index (χ0) is 28.2. The third-order valence-corrected chi connectivity index (χ3v) is 8.26. The Morgan fingerprint density at radius 3 is 2.52 bits per heavy atom. The van der Waals surface area contributed by atoms with Crippen LogP contribution in [-0.2, 0) is 16.5 Å². The highest BCUT2D eigenvalue weighted by molar-refractivity contribution is 6.33. The van der Waals surface area contributed by atoms with Crippen molar-refractivity contribution in [2.45, 2.75) is 19.1 Å². The average Bonchev–Trinajstić information content (AvgIpc) is 2.93. The number of aryl methyl sites for hydroxylation is 1. The number of rotatable bonds is 2. The van der Waals surface area contributed by atoms with Gasteiger partial charge in [0.2, 0.25) is 5.43 Å². The third-order valence-electron chi connectivity index (χ3n) is 7.96. The van der Waals surface area contributed by atoms with Crippen LogP contribution < -0.4 is 20.5 Å². The summed E-state index contributed by atoms with van der Waals surface area (Å²) in [5.74, 6) is -0.507. The predicted molar refractivity (Wildman–Crippen MR) is 147 cm³/mol. The van der Waals surface area contributed by atoms with Crippen molar-refractivity contribution in [2.75, 3.05) is 21.0 Å². The molecule has 7 rings (SSSR count). The number of benzene rings is 3. The molecule has 3 heterocycles. The van der Waals surface area contributed by atoms with Gasteiger partial charge in [0.05, 0.1) is 22.9 Å². The van der Waals surface area contributed by atoms with Crippen LogP contribution in [0.3, 0.4) is 0 Å². The Bertz CT molecular complexity index is 2080. The van der Waals surface area contributed by atoms with Gasteiger partial charge in [-0.05, 0) is 42.1 Å². The molecule has 40 heavy (non-hydrogen) atoms. The number of pyridine rings is 1. The van der Waals surface area contributed by atoms with E-state index in [9.17, 15) is 19.8 Å². The largest absolute Gasteiger partial charge is 0.506 e. The molecule has 0 saturated heterocycles. The smallest absolute Gasteiger partial charge is 0.262 e. The highest BCUT2D eigenvalue weighted by atomic mass is 35.5. The van der Waals surface area contributed by atoms with E-state index in [1.165, 1.54) is 30.9 Å². The molecule has 2 aromatic heterocycles. The van der Waals surface area contributed by atoms with Crippen LogP contribution in [0.25, 0.3) is 43.8 Å². The molecule has 2 unspecified atom stereocenters. The molecule has 2 aliphatic rings. The van der Waals surface area contributed by atoms with Crippen LogP contribution in [0.2, 0.25) is 5.02 Å². The number of methoxy groups -OCH3 is 2. The highest BCUT2D eigenvalue weighted by Crippen LogP contribution is 2.60. The Morgan fingerprint density at radius 2 is 1.80 bits per heavy atom. The van der Waals surface area contributed by atoms with E-state index in [4.69, 9.17) is 35.0 Å². The summed E-state index contributed by atoms with van der Waals surface area (Å²) in [6.45, 7) is 1.60. The molecular weight excluding hydrogens is 542 g/mol. The Hall–Kier alpha value is -4.25. The number of nitrogens with zero attached hydrogens (tertiary/aromatic N) is 1. The summed E-state index contributed by atoms with van der Waals surface area (Å²) in [5.41, 5.74) is 0.824. The Labute approximate surface area is 230 Å². The van der Waals surface area contributed by atoms with E-state index in [1.54, 1.807) is 26.1 Å². The van der Waals surface area contributed by atoms with Gasteiger partial charge in [-0.15, -0.1) is 0 Å². The standard InChI is InChI=1S/C29H22ClNO9/c1-10-7-11-8-13-16(21(33)15(11)29(35)31(10)2)17-18-26(23(13)36-3)38-9-39-27(18)28-19(22(17)34)20(32)12-5-6-14(30)25(37-4)24(12)40-28/h5-8,23,26,33-34H,9H2,1-4H3. The minimum absolute atomic E-state index is 0.0345. The van der Waals surface area contributed by atoms with Crippen molar-refractivity contribution in [1.29, 1.82) is 0 Å². The van der Waals surface area contributed by atoms with E-state index in [1.807, 2.05) is 0 Å². The summed E-state index contributed by atoms with van der Waals surface area (Å²) in [6.07, 6.45) is -1.55. The van der Waals surface area contributed by atoms with Gasteiger partial charge in [-0.2, -0.15) is 0 Å². The number of aromatic hydroxyl groups is 2. The lowest BCUT2D eigenvalue weighted by Gasteiger charge is -2.38. The van der Waals surface area contributed by atoms with Crippen molar-refractivity contribution in [2.24, 2.45) is 7.05 Å². The highest BCUT2D eigenvalue weighted by Gasteiger charge is 2.45. The minimum Gasteiger partial charge on any atom is -0.506 e. The summed E-state index contributed by atoms with van der Waals surface area (Å²) in [4.78, 5) is 27.1. The molecule has 0 spiro atoms. The van der Waals surface area contributed by atoms with Crippen LogP contribution >= 0.6 is 11.6 Å². The van der Waals surface area contributed by atoms with E-state index in [-0.39, 0.29) is 67.5 Å². The van der Waals surface area contributed by atoms with Crippen molar-refractivity contribution in [3.63, 3.8) is 0 Å². The maximum atomic E-state index is 13.9. The first-order valence-corrected chi connectivity index (χ1v) is 12.7. The topological polar surface area (TPSA) is 130 Å². The maximum Gasteiger partial charge on any atom is 0.262 e. The summed E-state index contributed by atoms with van der Waals surface area (Å²) in [6, 6.07) is 6.51. The SMILES string of the molecule is COc1c(Cl)ccc2c(=O)c3c(O)c4c5c(c3oc12)OCOC5C(OC)c1cc2cc(C)n(C)c(=O)c2c(O)c1-4. The maximum absolute atomic E-state index is 13.9. The molecule has 2 N–H and O–H groups in total. The first-order chi connectivity index (χ1) is 19.2. The quantitative estimate of drug-likeness (QED) is 0.286. The molecule has 0 saturated carbocycles. The molecule has 0 bridgehead atoms. The summed E-state index contributed by atoms with van der Waals surface area (Å²) < 4.78 is 30.8. The van der Waals surface area contributed by atoms with E-state index < -0.39 is 28.9 Å². The predicted octanol–water partition coefficient (Wildman–Crippen LogP) is 4.96. The number of phenols is 2. The van der Waals surface area contributed by atoms with E-state index >= 15 is 0 Å². The Morgan fingerprint density at radius 1 is 1.05 bits per heavy atom. The average molecular weight is 564 g/mol. The molecule has 0 amide bonds. The Balaban J connectivity index is 1.71. The first kappa shape index (κ1) is 24.8. The lowest BCUT2D eigenvalue weighted by atomic mass is 9.78. The number of fused-ring (bicyclic) bond motifs is 6. The summed E-state index contributed by atoms with van der Waals surface area (Å²) >= 11 is 6.30. The lowest BCUT2D eigenvalue weighted by Crippen LogP contribution is -2.29. The Kier molecular flexibility index (Phi) is 5.19. The van der Waals surface area contributed by atoms with Gasteiger partial charge in [-0.1, -0.05) is 11.6 Å². The second kappa shape index (κ2) is 8.37. The van der Waals surface area contributed by atoms with Gasteiger partial charge in [0.15, 0.2) is 29.5 Å². The molecule has 204 valence electrons. The number of hydrogen-bond acceptors (Lipinski definition) is 9. The zero-order valence-electron chi connectivity index (χ0n) is 21.7. The summed E-state index contributed by atoms with van der Waals surface area (Å²) in [5, 5.41) is 24.2. The fraction of sp³-hybridized carbons (Fsp3) is 0.241. The molecule has 11 heteroatoms. The van der Waals surface area contributed by atoms with Crippen molar-refractivity contribution >= 4 is 44.3 Å². The van der Waals surface area contributed by atoms with Gasteiger partial charge in [0.1, 0.15) is 29.1 Å². The molecule has 3 aromatic carbocycles. The molecule has 5 aromatic rings. The van der Waals surface area contributed by atoms with Crippen LogP contribution in [-0.4, -0.2) is 35.8 Å². The molecule has 10 nitrogen and oxygen atoms in total. The van der Waals surface area contributed by atoms with Crippen LogP contribution in [0.15, 0.2) is 38.3 Å². The number of aromatic nitrogens is 1.